The fourth-order valence-electron chi connectivity index (χ4n) is 3.15. The van der Waals surface area contributed by atoms with Gasteiger partial charge in [-0.3, -0.25) is 10.1 Å². The molecular formula is C18H26N2O2. The number of nitrogens with one attached hydrogen (secondary N) is 1. The molecule has 0 radical (unpaired) electrons. The highest BCUT2D eigenvalue weighted by Crippen LogP contribution is 2.36. The molecule has 1 amide bonds. The van der Waals surface area contributed by atoms with Gasteiger partial charge in [-0.25, -0.2) is 0 Å². The molecular weight excluding hydrogens is 276 g/mol. The highest BCUT2D eigenvalue weighted by atomic mass is 16.3. The molecule has 2 rings (SSSR count). The van der Waals surface area contributed by atoms with Crippen LogP contribution in [0.15, 0.2) is 36.4 Å². The first kappa shape index (κ1) is 16.7. The number of benzene rings is 1. The van der Waals surface area contributed by atoms with E-state index < -0.39 is 5.54 Å². The molecule has 0 aromatic heterocycles. The number of aliphatic hydroxyl groups excluding tert-OH is 1. The zero-order valence-electron chi connectivity index (χ0n) is 13.6. The normalized spacial score (nSPS) is 19.8. The summed E-state index contributed by atoms with van der Waals surface area (Å²) in [5.74, 6) is 0.0442. The molecule has 120 valence electrons. The van der Waals surface area contributed by atoms with Crippen LogP contribution in [-0.4, -0.2) is 42.2 Å². The Hall–Kier alpha value is -1.65. The molecule has 0 aliphatic heterocycles. The van der Waals surface area contributed by atoms with Gasteiger partial charge in [-0.2, -0.15) is 0 Å². The summed E-state index contributed by atoms with van der Waals surface area (Å²) in [6.07, 6.45) is 1.75. The van der Waals surface area contributed by atoms with Crippen molar-refractivity contribution in [3.05, 3.63) is 47.5 Å². The lowest BCUT2D eigenvalue weighted by molar-refractivity contribution is -0.130. The number of nitrogens with zero attached hydrogens (tertiary/aromatic N) is 1. The van der Waals surface area contributed by atoms with Gasteiger partial charge in [-0.05, 0) is 37.8 Å². The molecule has 1 atom stereocenters. The summed E-state index contributed by atoms with van der Waals surface area (Å²) in [7, 11) is 0. The Kier molecular flexibility index (Phi) is 5.37. The van der Waals surface area contributed by atoms with Crippen molar-refractivity contribution in [2.24, 2.45) is 0 Å². The molecule has 1 unspecified atom stereocenters. The molecule has 1 aromatic rings. The van der Waals surface area contributed by atoms with Crippen LogP contribution in [0.25, 0.3) is 0 Å². The average Bonchev–Trinajstić information content (AvgIpc) is 2.89. The van der Waals surface area contributed by atoms with Crippen LogP contribution in [-0.2, 0) is 16.8 Å². The first-order valence-corrected chi connectivity index (χ1v) is 7.89. The third kappa shape index (κ3) is 3.39. The Morgan fingerprint density at radius 3 is 2.82 bits per heavy atom. The number of carbonyl (C=O) groups excluding carboxylic acids is 1. The second-order valence-electron chi connectivity index (χ2n) is 6.12. The Morgan fingerprint density at radius 2 is 2.18 bits per heavy atom. The highest BCUT2D eigenvalue weighted by molar-refractivity contribution is 5.78. The summed E-state index contributed by atoms with van der Waals surface area (Å²) < 4.78 is 0. The predicted octanol–water partition coefficient (Wildman–Crippen LogP) is 1.83. The van der Waals surface area contributed by atoms with E-state index in [0.717, 1.165) is 24.0 Å². The molecule has 0 fully saturated rings. The summed E-state index contributed by atoms with van der Waals surface area (Å²) >= 11 is 0. The van der Waals surface area contributed by atoms with Gasteiger partial charge in [-0.1, -0.05) is 36.4 Å². The van der Waals surface area contributed by atoms with Crippen LogP contribution in [0.4, 0.5) is 0 Å². The molecule has 0 saturated heterocycles. The average molecular weight is 302 g/mol. The van der Waals surface area contributed by atoms with Gasteiger partial charge in [0, 0.05) is 13.1 Å². The van der Waals surface area contributed by atoms with Crippen molar-refractivity contribution in [3.8, 4) is 0 Å². The van der Waals surface area contributed by atoms with Crippen LogP contribution in [0.1, 0.15) is 31.4 Å². The van der Waals surface area contributed by atoms with Gasteiger partial charge in [-0.15, -0.1) is 0 Å². The third-order valence-electron chi connectivity index (χ3n) is 4.40. The van der Waals surface area contributed by atoms with Crippen molar-refractivity contribution in [3.63, 3.8) is 0 Å². The van der Waals surface area contributed by atoms with Gasteiger partial charge in [0.1, 0.15) is 0 Å². The summed E-state index contributed by atoms with van der Waals surface area (Å²) in [4.78, 5) is 14.2. The summed E-state index contributed by atoms with van der Waals surface area (Å²) in [6.45, 7) is 9.24. The number of carbonyl (C=O) groups is 1. The number of amides is 1. The standard InChI is InChI=1S/C18H26N2O2/c1-4-20(12-14(2)3)17(22)11-19-18(13-21)10-9-15-7-5-6-8-16(15)18/h5-8,19,21H,2,4,9-13H2,1,3H3. The Morgan fingerprint density at radius 1 is 1.45 bits per heavy atom. The molecule has 0 spiro atoms. The van der Waals surface area contributed by atoms with Gasteiger partial charge in [0.2, 0.25) is 5.91 Å². The SMILES string of the molecule is C=C(C)CN(CC)C(=O)CNC1(CO)CCc2ccccc21. The largest absolute Gasteiger partial charge is 0.394 e. The second-order valence-corrected chi connectivity index (χ2v) is 6.12. The summed E-state index contributed by atoms with van der Waals surface area (Å²) in [6, 6.07) is 8.14. The van der Waals surface area contributed by atoms with Crippen molar-refractivity contribution < 1.29 is 9.90 Å². The van der Waals surface area contributed by atoms with E-state index in [2.05, 4.69) is 18.0 Å². The minimum Gasteiger partial charge on any atom is -0.394 e. The number of fused-ring (bicyclic) bond motifs is 1. The Balaban J connectivity index is 2.06. The number of likely N-dealkylation sites (N-methyl/N-ethyl adjacent to an activating group) is 1. The number of aliphatic hydroxyl groups is 1. The molecule has 1 aromatic carbocycles. The maximum Gasteiger partial charge on any atom is 0.236 e. The van der Waals surface area contributed by atoms with E-state index in [-0.39, 0.29) is 19.1 Å². The molecule has 4 heteroatoms. The number of hydrogen-bond acceptors (Lipinski definition) is 3. The lowest BCUT2D eigenvalue weighted by Crippen LogP contribution is -2.49. The van der Waals surface area contributed by atoms with E-state index in [1.165, 1.54) is 5.56 Å². The first-order valence-electron chi connectivity index (χ1n) is 7.89. The number of aryl methyl sites for hydroxylation is 1. The summed E-state index contributed by atoms with van der Waals surface area (Å²) in [5.41, 5.74) is 2.85. The number of hydrogen-bond donors (Lipinski definition) is 2. The van der Waals surface area contributed by atoms with E-state index in [1.54, 1.807) is 4.90 Å². The molecule has 22 heavy (non-hydrogen) atoms. The fourth-order valence-corrected chi connectivity index (χ4v) is 3.15. The van der Waals surface area contributed by atoms with Crippen LogP contribution in [0, 0.1) is 0 Å². The van der Waals surface area contributed by atoms with E-state index in [1.807, 2.05) is 32.0 Å². The summed E-state index contributed by atoms with van der Waals surface area (Å²) in [5, 5.41) is 13.2. The van der Waals surface area contributed by atoms with Gasteiger partial charge < -0.3 is 10.0 Å². The minimum atomic E-state index is -0.491. The van der Waals surface area contributed by atoms with Crippen LogP contribution >= 0.6 is 0 Å². The van der Waals surface area contributed by atoms with Crippen molar-refractivity contribution in [1.82, 2.24) is 10.2 Å². The van der Waals surface area contributed by atoms with Gasteiger partial charge in [0.05, 0.1) is 18.7 Å². The number of rotatable bonds is 7. The first-order chi connectivity index (χ1) is 10.5. The molecule has 0 heterocycles. The highest BCUT2D eigenvalue weighted by Gasteiger charge is 2.38. The lowest BCUT2D eigenvalue weighted by atomic mass is 9.92. The van der Waals surface area contributed by atoms with E-state index >= 15 is 0 Å². The zero-order valence-corrected chi connectivity index (χ0v) is 13.6. The molecule has 1 aliphatic carbocycles. The van der Waals surface area contributed by atoms with E-state index in [9.17, 15) is 9.90 Å². The maximum atomic E-state index is 12.4. The van der Waals surface area contributed by atoms with Crippen molar-refractivity contribution in [2.45, 2.75) is 32.2 Å². The fraction of sp³-hybridized carbons (Fsp3) is 0.500. The Labute approximate surface area is 132 Å². The van der Waals surface area contributed by atoms with E-state index in [0.29, 0.717) is 13.1 Å². The van der Waals surface area contributed by atoms with Crippen molar-refractivity contribution in [1.29, 1.82) is 0 Å². The molecule has 2 N–H and O–H groups in total. The van der Waals surface area contributed by atoms with Gasteiger partial charge in [0.15, 0.2) is 0 Å². The quantitative estimate of drug-likeness (QED) is 0.756. The van der Waals surface area contributed by atoms with Crippen molar-refractivity contribution >= 4 is 5.91 Å². The van der Waals surface area contributed by atoms with Crippen molar-refractivity contribution in [2.75, 3.05) is 26.2 Å². The van der Waals surface area contributed by atoms with Gasteiger partial charge in [0.25, 0.3) is 0 Å². The maximum absolute atomic E-state index is 12.4. The molecule has 4 nitrogen and oxygen atoms in total. The van der Waals surface area contributed by atoms with E-state index in [4.69, 9.17) is 0 Å². The topological polar surface area (TPSA) is 52.6 Å². The molecule has 0 saturated carbocycles. The monoisotopic (exact) mass is 302 g/mol. The molecule has 1 aliphatic rings. The smallest absolute Gasteiger partial charge is 0.236 e. The lowest BCUT2D eigenvalue weighted by Gasteiger charge is -2.31. The van der Waals surface area contributed by atoms with Crippen LogP contribution in [0.2, 0.25) is 0 Å². The third-order valence-corrected chi connectivity index (χ3v) is 4.40. The second kappa shape index (κ2) is 7.07. The van der Waals surface area contributed by atoms with Crippen LogP contribution in [0.5, 0.6) is 0 Å². The zero-order chi connectivity index (χ0) is 16.2. The van der Waals surface area contributed by atoms with Crippen LogP contribution < -0.4 is 5.32 Å². The molecule has 0 bridgehead atoms. The predicted molar refractivity (Wildman–Crippen MR) is 88.6 cm³/mol. The minimum absolute atomic E-state index is 0.00387. The Bertz CT molecular complexity index is 556. The van der Waals surface area contributed by atoms with Gasteiger partial charge >= 0.3 is 0 Å². The van der Waals surface area contributed by atoms with Crippen LogP contribution in [0.3, 0.4) is 0 Å².